The number of carbonyl (C=O) groups is 1. The van der Waals surface area contributed by atoms with Gasteiger partial charge in [0.25, 0.3) is 0 Å². The molecule has 0 aromatic rings. The summed E-state index contributed by atoms with van der Waals surface area (Å²) >= 11 is 0. The van der Waals surface area contributed by atoms with Crippen molar-refractivity contribution in [3.05, 3.63) is 0 Å². The minimum absolute atomic E-state index is 0.153. The van der Waals surface area contributed by atoms with Crippen molar-refractivity contribution in [2.75, 3.05) is 26.2 Å². The minimum atomic E-state index is 0.153. The molecule has 2 saturated heterocycles. The molecule has 0 bridgehead atoms. The van der Waals surface area contributed by atoms with Gasteiger partial charge >= 0.3 is 0 Å². The van der Waals surface area contributed by atoms with Crippen LogP contribution in [0, 0.1) is 17.8 Å². The average Bonchev–Trinajstić information content (AvgIpc) is 2.72. The number of fused-ring (bicyclic) bond motifs is 1. The molecule has 3 heteroatoms. The first-order valence-electron chi connectivity index (χ1n) is 6.52. The van der Waals surface area contributed by atoms with Crippen LogP contribution >= 0.6 is 0 Å². The largest absolute Gasteiger partial charge is 0.342 e. The van der Waals surface area contributed by atoms with Gasteiger partial charge in [0.15, 0.2) is 0 Å². The van der Waals surface area contributed by atoms with Crippen molar-refractivity contribution in [2.24, 2.45) is 17.8 Å². The molecule has 0 spiro atoms. The van der Waals surface area contributed by atoms with Crippen molar-refractivity contribution >= 4 is 5.91 Å². The van der Waals surface area contributed by atoms with Crippen LogP contribution in [0.5, 0.6) is 0 Å². The van der Waals surface area contributed by atoms with E-state index in [9.17, 15) is 4.79 Å². The third kappa shape index (κ3) is 2.10. The molecule has 0 saturated carbocycles. The highest BCUT2D eigenvalue weighted by Gasteiger charge is 2.42. The van der Waals surface area contributed by atoms with E-state index >= 15 is 0 Å². The second-order valence-corrected chi connectivity index (χ2v) is 5.97. The summed E-state index contributed by atoms with van der Waals surface area (Å²) < 4.78 is 0. The molecule has 0 radical (unpaired) electrons. The van der Waals surface area contributed by atoms with E-state index < -0.39 is 0 Å². The van der Waals surface area contributed by atoms with Crippen molar-refractivity contribution in [1.82, 2.24) is 9.80 Å². The second kappa shape index (κ2) is 4.36. The summed E-state index contributed by atoms with van der Waals surface area (Å²) in [5.74, 6) is 1.95. The fourth-order valence-electron chi connectivity index (χ4n) is 3.00. The number of hydrogen-bond donors (Lipinski definition) is 0. The summed E-state index contributed by atoms with van der Waals surface area (Å²) in [5.41, 5.74) is 0. The first-order chi connectivity index (χ1) is 7.49. The SMILES string of the molecule is CC(C)C(=O)N1CC2CN(C(C)C)CC2C1. The van der Waals surface area contributed by atoms with E-state index in [4.69, 9.17) is 0 Å². The Morgan fingerprint density at radius 1 is 1.00 bits per heavy atom. The summed E-state index contributed by atoms with van der Waals surface area (Å²) in [6.07, 6.45) is 0. The highest BCUT2D eigenvalue weighted by Crippen LogP contribution is 2.32. The van der Waals surface area contributed by atoms with Gasteiger partial charge in [-0.25, -0.2) is 0 Å². The molecule has 0 N–H and O–H groups in total. The molecular formula is C13H24N2O. The van der Waals surface area contributed by atoms with E-state index in [0.717, 1.165) is 24.9 Å². The molecule has 2 aliphatic rings. The van der Waals surface area contributed by atoms with Gasteiger partial charge in [0.05, 0.1) is 0 Å². The molecule has 2 atom stereocenters. The third-order valence-corrected chi connectivity index (χ3v) is 4.05. The summed E-state index contributed by atoms with van der Waals surface area (Å²) in [6, 6.07) is 0.653. The van der Waals surface area contributed by atoms with E-state index in [2.05, 4.69) is 23.6 Å². The maximum absolute atomic E-state index is 11.9. The van der Waals surface area contributed by atoms with Crippen molar-refractivity contribution < 1.29 is 4.79 Å². The molecule has 2 aliphatic heterocycles. The van der Waals surface area contributed by atoms with E-state index in [1.807, 2.05) is 13.8 Å². The molecule has 0 aromatic heterocycles. The normalized spacial score (nSPS) is 30.5. The maximum atomic E-state index is 11.9. The third-order valence-electron chi connectivity index (χ3n) is 4.05. The molecule has 0 aliphatic carbocycles. The Bertz CT molecular complexity index is 261. The van der Waals surface area contributed by atoms with Crippen molar-refractivity contribution in [3.8, 4) is 0 Å². The molecular weight excluding hydrogens is 200 g/mol. The van der Waals surface area contributed by atoms with Crippen LogP contribution < -0.4 is 0 Å². The van der Waals surface area contributed by atoms with Crippen LogP contribution in [0.1, 0.15) is 27.7 Å². The van der Waals surface area contributed by atoms with Gasteiger partial charge in [-0.15, -0.1) is 0 Å². The average molecular weight is 224 g/mol. The smallest absolute Gasteiger partial charge is 0.225 e. The number of carbonyl (C=O) groups excluding carboxylic acids is 1. The van der Waals surface area contributed by atoms with Gasteiger partial charge in [0, 0.05) is 38.1 Å². The quantitative estimate of drug-likeness (QED) is 0.708. The molecule has 2 unspecified atom stereocenters. The lowest BCUT2D eigenvalue weighted by Gasteiger charge is -2.25. The predicted molar refractivity (Wildman–Crippen MR) is 65.1 cm³/mol. The van der Waals surface area contributed by atoms with Gasteiger partial charge in [0.2, 0.25) is 5.91 Å². The van der Waals surface area contributed by atoms with E-state index in [1.165, 1.54) is 13.1 Å². The van der Waals surface area contributed by atoms with Crippen molar-refractivity contribution in [1.29, 1.82) is 0 Å². The highest BCUT2D eigenvalue weighted by molar-refractivity contribution is 5.78. The van der Waals surface area contributed by atoms with Gasteiger partial charge in [0.1, 0.15) is 0 Å². The monoisotopic (exact) mass is 224 g/mol. The Morgan fingerprint density at radius 3 is 1.88 bits per heavy atom. The number of nitrogens with zero attached hydrogens (tertiary/aromatic N) is 2. The fourth-order valence-corrected chi connectivity index (χ4v) is 3.00. The van der Waals surface area contributed by atoms with Crippen LogP contribution in [-0.4, -0.2) is 47.9 Å². The summed E-state index contributed by atoms with van der Waals surface area (Å²) in [7, 11) is 0. The lowest BCUT2D eigenvalue weighted by Crippen LogP contribution is -2.37. The zero-order chi connectivity index (χ0) is 11.9. The first-order valence-corrected chi connectivity index (χ1v) is 6.52. The Balaban J connectivity index is 1.91. The van der Waals surface area contributed by atoms with Gasteiger partial charge in [-0.2, -0.15) is 0 Å². The number of likely N-dealkylation sites (tertiary alicyclic amines) is 2. The minimum Gasteiger partial charge on any atom is -0.342 e. The zero-order valence-corrected chi connectivity index (χ0v) is 10.9. The van der Waals surface area contributed by atoms with Crippen LogP contribution in [-0.2, 0) is 4.79 Å². The van der Waals surface area contributed by atoms with Gasteiger partial charge in [-0.05, 0) is 25.7 Å². The molecule has 2 heterocycles. The van der Waals surface area contributed by atoms with E-state index in [-0.39, 0.29) is 5.92 Å². The molecule has 1 amide bonds. The number of amides is 1. The van der Waals surface area contributed by atoms with Gasteiger partial charge in [-0.3, -0.25) is 4.79 Å². The van der Waals surface area contributed by atoms with Crippen LogP contribution in [0.4, 0.5) is 0 Å². The van der Waals surface area contributed by atoms with Crippen LogP contribution in [0.3, 0.4) is 0 Å². The highest BCUT2D eigenvalue weighted by atomic mass is 16.2. The zero-order valence-electron chi connectivity index (χ0n) is 10.9. The topological polar surface area (TPSA) is 23.6 Å². The predicted octanol–water partition coefficient (Wildman–Crippen LogP) is 1.44. The second-order valence-electron chi connectivity index (χ2n) is 5.97. The van der Waals surface area contributed by atoms with Crippen molar-refractivity contribution in [2.45, 2.75) is 33.7 Å². The van der Waals surface area contributed by atoms with Crippen LogP contribution in [0.25, 0.3) is 0 Å². The fraction of sp³-hybridized carbons (Fsp3) is 0.923. The van der Waals surface area contributed by atoms with E-state index in [0.29, 0.717) is 11.9 Å². The molecule has 16 heavy (non-hydrogen) atoms. The van der Waals surface area contributed by atoms with Crippen LogP contribution in [0.2, 0.25) is 0 Å². The standard InChI is InChI=1S/C13H24N2O/c1-9(2)13(16)15-7-11-5-14(10(3)4)6-12(11)8-15/h9-12H,5-8H2,1-4H3. The van der Waals surface area contributed by atoms with Crippen LogP contribution in [0.15, 0.2) is 0 Å². The maximum Gasteiger partial charge on any atom is 0.225 e. The number of rotatable bonds is 2. The molecule has 2 fully saturated rings. The Morgan fingerprint density at radius 2 is 1.50 bits per heavy atom. The van der Waals surface area contributed by atoms with Gasteiger partial charge in [-0.1, -0.05) is 13.8 Å². The molecule has 0 aromatic carbocycles. The Hall–Kier alpha value is -0.570. The molecule has 3 nitrogen and oxygen atoms in total. The lowest BCUT2D eigenvalue weighted by molar-refractivity contribution is -0.133. The first kappa shape index (κ1) is 11.9. The summed E-state index contributed by atoms with van der Waals surface area (Å²) in [6.45, 7) is 12.9. The Kier molecular flexibility index (Phi) is 3.24. The Labute approximate surface area is 98.8 Å². The molecule has 2 rings (SSSR count). The summed E-state index contributed by atoms with van der Waals surface area (Å²) in [5, 5.41) is 0. The van der Waals surface area contributed by atoms with E-state index in [1.54, 1.807) is 0 Å². The molecule has 92 valence electrons. The number of hydrogen-bond acceptors (Lipinski definition) is 2. The lowest BCUT2D eigenvalue weighted by atomic mass is 10.0. The van der Waals surface area contributed by atoms with Gasteiger partial charge < -0.3 is 9.80 Å². The van der Waals surface area contributed by atoms with Crippen molar-refractivity contribution in [3.63, 3.8) is 0 Å². The summed E-state index contributed by atoms with van der Waals surface area (Å²) in [4.78, 5) is 16.5.